The number of nitriles is 1. The van der Waals surface area contributed by atoms with E-state index >= 15 is 0 Å². The Morgan fingerprint density at radius 3 is 2.42 bits per heavy atom. The fourth-order valence-electron chi connectivity index (χ4n) is 5.30. The third-order valence-electron chi connectivity index (χ3n) is 7.04. The van der Waals surface area contributed by atoms with Crippen LogP contribution in [0.3, 0.4) is 0 Å². The number of carbonyl (C=O) groups is 2. The zero-order chi connectivity index (χ0) is 23.8. The van der Waals surface area contributed by atoms with Crippen molar-refractivity contribution in [3.8, 4) is 6.07 Å². The standard InChI is InChI=1S/C23H28ClN3O5S/c1-15-11-16(24)4-5-21(15)33(30,31)18-12-19(22(28)26-7-9-32-10-8-26)20(13-18)23(29)27-6-2-3-17(27)14-25/h4-5,11,17-20H,2-3,6-10,12-13H2,1H3. The number of hydrogen-bond acceptors (Lipinski definition) is 6. The van der Waals surface area contributed by atoms with E-state index in [1.807, 2.05) is 0 Å². The second-order valence-electron chi connectivity index (χ2n) is 9.02. The molecule has 3 aliphatic rings. The summed E-state index contributed by atoms with van der Waals surface area (Å²) in [5.74, 6) is -1.98. The molecule has 0 spiro atoms. The van der Waals surface area contributed by atoms with Crippen LogP contribution in [0.1, 0.15) is 31.2 Å². The number of sulfone groups is 1. The molecule has 2 aliphatic heterocycles. The van der Waals surface area contributed by atoms with Gasteiger partial charge in [0.05, 0.1) is 41.3 Å². The summed E-state index contributed by atoms with van der Waals surface area (Å²) in [7, 11) is -3.78. The summed E-state index contributed by atoms with van der Waals surface area (Å²) >= 11 is 6.01. The van der Waals surface area contributed by atoms with E-state index in [0.717, 1.165) is 6.42 Å². The van der Waals surface area contributed by atoms with Crippen LogP contribution in [-0.4, -0.2) is 74.2 Å². The van der Waals surface area contributed by atoms with Gasteiger partial charge in [0.25, 0.3) is 0 Å². The Morgan fingerprint density at radius 1 is 1.12 bits per heavy atom. The summed E-state index contributed by atoms with van der Waals surface area (Å²) in [5, 5.41) is 9.04. The molecule has 0 aromatic heterocycles. The minimum Gasteiger partial charge on any atom is -0.378 e. The van der Waals surface area contributed by atoms with E-state index in [0.29, 0.717) is 49.9 Å². The molecule has 3 fully saturated rings. The van der Waals surface area contributed by atoms with Crippen LogP contribution < -0.4 is 0 Å². The molecular weight excluding hydrogens is 466 g/mol. The molecule has 33 heavy (non-hydrogen) atoms. The molecule has 1 aromatic rings. The maximum Gasteiger partial charge on any atom is 0.227 e. The largest absolute Gasteiger partial charge is 0.378 e. The maximum absolute atomic E-state index is 13.6. The highest BCUT2D eigenvalue weighted by Crippen LogP contribution is 2.42. The lowest BCUT2D eigenvalue weighted by Gasteiger charge is -2.32. The van der Waals surface area contributed by atoms with E-state index in [2.05, 4.69) is 6.07 Å². The summed E-state index contributed by atoms with van der Waals surface area (Å²) in [6, 6.07) is 6.28. The van der Waals surface area contributed by atoms with Crippen molar-refractivity contribution in [2.75, 3.05) is 32.8 Å². The van der Waals surface area contributed by atoms with Crippen molar-refractivity contribution in [3.05, 3.63) is 28.8 Å². The number of nitrogens with zero attached hydrogens (tertiary/aromatic N) is 3. The number of benzene rings is 1. The van der Waals surface area contributed by atoms with Crippen LogP contribution in [0.4, 0.5) is 0 Å². The third kappa shape index (κ3) is 4.61. The smallest absolute Gasteiger partial charge is 0.227 e. The van der Waals surface area contributed by atoms with E-state index in [1.165, 1.54) is 17.0 Å². The van der Waals surface area contributed by atoms with Gasteiger partial charge in [-0.15, -0.1) is 0 Å². The second kappa shape index (κ2) is 9.61. The average molecular weight is 494 g/mol. The van der Waals surface area contributed by atoms with E-state index in [4.69, 9.17) is 16.3 Å². The number of carbonyl (C=O) groups excluding carboxylic acids is 2. The highest BCUT2D eigenvalue weighted by molar-refractivity contribution is 7.92. The molecule has 1 saturated carbocycles. The Labute approximate surface area is 199 Å². The van der Waals surface area contributed by atoms with Gasteiger partial charge in [0.15, 0.2) is 9.84 Å². The topological polar surface area (TPSA) is 108 Å². The fraction of sp³-hybridized carbons (Fsp3) is 0.609. The van der Waals surface area contributed by atoms with Crippen LogP contribution in [-0.2, 0) is 24.2 Å². The quantitative estimate of drug-likeness (QED) is 0.636. The predicted molar refractivity (Wildman–Crippen MR) is 121 cm³/mol. The number of hydrogen-bond donors (Lipinski definition) is 0. The minimum atomic E-state index is -3.78. The lowest BCUT2D eigenvalue weighted by Crippen LogP contribution is -2.47. The lowest BCUT2D eigenvalue weighted by molar-refractivity contribution is -0.147. The van der Waals surface area contributed by atoms with Gasteiger partial charge in [0.1, 0.15) is 6.04 Å². The van der Waals surface area contributed by atoms with Crippen LogP contribution in [0.5, 0.6) is 0 Å². The molecule has 4 unspecified atom stereocenters. The zero-order valence-corrected chi connectivity index (χ0v) is 20.1. The normalized spacial score (nSPS) is 28.0. The monoisotopic (exact) mass is 493 g/mol. The van der Waals surface area contributed by atoms with E-state index in [1.54, 1.807) is 17.9 Å². The van der Waals surface area contributed by atoms with Crippen LogP contribution in [0, 0.1) is 30.1 Å². The van der Waals surface area contributed by atoms with Gasteiger partial charge >= 0.3 is 0 Å². The number of rotatable bonds is 4. The highest BCUT2D eigenvalue weighted by atomic mass is 35.5. The zero-order valence-electron chi connectivity index (χ0n) is 18.6. The molecule has 0 N–H and O–H groups in total. The van der Waals surface area contributed by atoms with Crippen molar-refractivity contribution in [1.29, 1.82) is 5.26 Å². The van der Waals surface area contributed by atoms with Gasteiger partial charge in [-0.2, -0.15) is 5.26 Å². The van der Waals surface area contributed by atoms with Crippen molar-refractivity contribution < 1.29 is 22.7 Å². The number of halogens is 1. The van der Waals surface area contributed by atoms with Crippen LogP contribution in [0.15, 0.2) is 23.1 Å². The Bertz CT molecular complexity index is 1080. The summed E-state index contributed by atoms with van der Waals surface area (Å²) < 4.78 is 32.5. The van der Waals surface area contributed by atoms with Crippen molar-refractivity contribution >= 4 is 33.3 Å². The van der Waals surface area contributed by atoms with Crippen molar-refractivity contribution in [2.24, 2.45) is 11.8 Å². The van der Waals surface area contributed by atoms with Gasteiger partial charge in [-0.25, -0.2) is 8.42 Å². The van der Waals surface area contributed by atoms with Gasteiger partial charge < -0.3 is 14.5 Å². The Kier molecular flexibility index (Phi) is 6.99. The molecule has 1 aromatic carbocycles. The molecule has 4 rings (SSSR count). The molecule has 178 valence electrons. The van der Waals surface area contributed by atoms with Gasteiger partial charge in [0.2, 0.25) is 11.8 Å². The second-order valence-corrected chi connectivity index (χ2v) is 11.7. The number of amides is 2. The molecule has 2 saturated heterocycles. The average Bonchev–Trinajstić information content (AvgIpc) is 3.46. The first-order valence-electron chi connectivity index (χ1n) is 11.3. The molecule has 0 radical (unpaired) electrons. The van der Waals surface area contributed by atoms with Crippen molar-refractivity contribution in [2.45, 2.75) is 48.8 Å². The first kappa shape index (κ1) is 24.0. The van der Waals surface area contributed by atoms with E-state index < -0.39 is 33.0 Å². The van der Waals surface area contributed by atoms with Crippen LogP contribution >= 0.6 is 11.6 Å². The Balaban J connectivity index is 1.65. The molecule has 10 heteroatoms. The summed E-state index contributed by atoms with van der Waals surface area (Å²) in [4.78, 5) is 30.3. The van der Waals surface area contributed by atoms with Crippen molar-refractivity contribution in [3.63, 3.8) is 0 Å². The number of likely N-dealkylation sites (tertiary alicyclic amines) is 1. The number of ether oxygens (including phenoxy) is 1. The molecule has 1 aliphatic carbocycles. The SMILES string of the molecule is Cc1cc(Cl)ccc1S(=O)(=O)C1CC(C(=O)N2CCOCC2)C(C(=O)N2CCCC2C#N)C1. The van der Waals surface area contributed by atoms with E-state index in [-0.39, 0.29) is 29.6 Å². The first-order valence-corrected chi connectivity index (χ1v) is 13.2. The summed E-state index contributed by atoms with van der Waals surface area (Å²) in [6.07, 6.45) is 1.48. The van der Waals surface area contributed by atoms with Gasteiger partial charge in [-0.05, 0) is 56.4 Å². The third-order valence-corrected chi connectivity index (χ3v) is 9.61. The Hall–Kier alpha value is -2.15. The molecule has 0 bridgehead atoms. The maximum atomic E-state index is 13.6. The summed E-state index contributed by atoms with van der Waals surface area (Å²) in [5.41, 5.74) is 0.539. The van der Waals surface area contributed by atoms with Gasteiger partial charge in [-0.3, -0.25) is 9.59 Å². The van der Waals surface area contributed by atoms with E-state index in [9.17, 15) is 23.3 Å². The molecular formula is C23H28ClN3O5S. The minimum absolute atomic E-state index is 0.0681. The van der Waals surface area contributed by atoms with Gasteiger partial charge in [-0.1, -0.05) is 11.6 Å². The number of morpholine rings is 1. The van der Waals surface area contributed by atoms with Crippen LogP contribution in [0.25, 0.3) is 0 Å². The Morgan fingerprint density at radius 2 is 1.79 bits per heavy atom. The lowest BCUT2D eigenvalue weighted by atomic mass is 9.92. The summed E-state index contributed by atoms with van der Waals surface area (Å²) in [6.45, 7) is 3.84. The first-order chi connectivity index (χ1) is 15.7. The van der Waals surface area contributed by atoms with Gasteiger partial charge in [0, 0.05) is 24.7 Å². The highest BCUT2D eigenvalue weighted by Gasteiger charge is 2.50. The molecule has 2 heterocycles. The van der Waals surface area contributed by atoms with Crippen molar-refractivity contribution in [1.82, 2.24) is 9.80 Å². The predicted octanol–water partition coefficient (Wildman–Crippen LogP) is 2.19. The molecule has 8 nitrogen and oxygen atoms in total. The fourth-order valence-corrected chi connectivity index (χ4v) is 7.57. The molecule has 2 amide bonds. The molecule has 4 atom stereocenters. The van der Waals surface area contributed by atoms with Crippen LogP contribution in [0.2, 0.25) is 5.02 Å². The number of aryl methyl sites for hydroxylation is 1.